The maximum atomic E-state index is 11.2. The lowest BCUT2D eigenvalue weighted by Crippen LogP contribution is -2.56. The molecule has 3 aliphatic heterocycles. The summed E-state index contributed by atoms with van der Waals surface area (Å²) in [5.74, 6) is 1.99. The van der Waals surface area contributed by atoms with Gasteiger partial charge in [-0.25, -0.2) is 9.97 Å². The van der Waals surface area contributed by atoms with Crippen molar-refractivity contribution in [3.8, 4) is 11.3 Å². The zero-order valence-corrected chi connectivity index (χ0v) is 15.5. The predicted molar refractivity (Wildman–Crippen MR) is 102 cm³/mol. The number of amides is 1. The van der Waals surface area contributed by atoms with Crippen molar-refractivity contribution in [3.63, 3.8) is 0 Å². The lowest BCUT2D eigenvalue weighted by Gasteiger charge is -2.49. The van der Waals surface area contributed by atoms with Gasteiger partial charge < -0.3 is 5.32 Å². The molecule has 5 nitrogen and oxygen atoms in total. The third-order valence-electron chi connectivity index (χ3n) is 5.77. The minimum Gasteiger partial charge on any atom is -0.355 e. The number of nitrogens with one attached hydrogen (secondary N) is 1. The molecule has 5 rings (SSSR count). The van der Waals surface area contributed by atoms with Crippen molar-refractivity contribution in [3.05, 3.63) is 47.9 Å². The van der Waals surface area contributed by atoms with Gasteiger partial charge in [0.05, 0.1) is 5.69 Å². The molecule has 0 spiro atoms. The molecule has 1 N–H and O–H groups in total. The molecule has 1 amide bonds. The van der Waals surface area contributed by atoms with Gasteiger partial charge in [-0.05, 0) is 38.3 Å². The number of hydrogen-bond donors (Lipinski definition) is 1. The molecule has 1 aromatic carbocycles. The van der Waals surface area contributed by atoms with Crippen LogP contribution in [0.4, 0.5) is 0 Å². The molecule has 4 atom stereocenters. The summed E-state index contributed by atoms with van der Waals surface area (Å²) in [5.41, 5.74) is 3.33. The van der Waals surface area contributed by atoms with Gasteiger partial charge in [-0.15, -0.1) is 0 Å². The van der Waals surface area contributed by atoms with Crippen molar-refractivity contribution in [2.75, 3.05) is 19.6 Å². The maximum absolute atomic E-state index is 11.2. The van der Waals surface area contributed by atoms with Crippen molar-refractivity contribution in [1.82, 2.24) is 20.2 Å². The van der Waals surface area contributed by atoms with Gasteiger partial charge in [0.25, 0.3) is 0 Å². The number of rotatable bonds is 4. The van der Waals surface area contributed by atoms with E-state index in [0.717, 1.165) is 43.1 Å². The van der Waals surface area contributed by atoms with E-state index in [9.17, 15) is 4.79 Å². The fourth-order valence-electron chi connectivity index (χ4n) is 4.48. The second-order valence-corrected chi connectivity index (χ2v) is 7.57. The van der Waals surface area contributed by atoms with Crippen LogP contribution in [-0.4, -0.2) is 46.5 Å². The summed E-state index contributed by atoms with van der Waals surface area (Å²) in [7, 11) is 0. The molecule has 4 unspecified atom stereocenters. The molecule has 2 bridgehead atoms. The molecule has 0 radical (unpaired) electrons. The highest BCUT2D eigenvalue weighted by Gasteiger charge is 2.41. The minimum absolute atomic E-state index is 0.0584. The third kappa shape index (κ3) is 3.49. The molecule has 4 heterocycles. The van der Waals surface area contributed by atoms with Gasteiger partial charge in [0.15, 0.2) is 0 Å². The smallest absolute Gasteiger partial charge is 0.216 e. The molecule has 0 saturated carbocycles. The van der Waals surface area contributed by atoms with E-state index in [1.807, 2.05) is 25.1 Å². The Morgan fingerprint density at radius 1 is 1.27 bits per heavy atom. The van der Waals surface area contributed by atoms with Gasteiger partial charge in [0.1, 0.15) is 5.82 Å². The molecule has 26 heavy (non-hydrogen) atoms. The average Bonchev–Trinajstić information content (AvgIpc) is 2.67. The van der Waals surface area contributed by atoms with Gasteiger partial charge in [0, 0.05) is 43.2 Å². The largest absolute Gasteiger partial charge is 0.355 e. The average molecular weight is 350 g/mol. The molecule has 1 aromatic heterocycles. The fourth-order valence-corrected chi connectivity index (χ4v) is 4.48. The first-order valence-electron chi connectivity index (χ1n) is 9.49. The summed E-state index contributed by atoms with van der Waals surface area (Å²) in [6.45, 7) is 6.49. The fraction of sp³-hybridized carbons (Fsp3) is 0.476. The Labute approximate surface area is 154 Å². The van der Waals surface area contributed by atoms with Gasteiger partial charge in [0.2, 0.25) is 5.91 Å². The van der Waals surface area contributed by atoms with Crippen LogP contribution < -0.4 is 5.32 Å². The van der Waals surface area contributed by atoms with Crippen LogP contribution in [0.2, 0.25) is 0 Å². The Kier molecular flexibility index (Phi) is 4.72. The van der Waals surface area contributed by atoms with E-state index in [2.05, 4.69) is 33.4 Å². The van der Waals surface area contributed by atoms with Gasteiger partial charge in [-0.2, -0.15) is 0 Å². The highest BCUT2D eigenvalue weighted by molar-refractivity contribution is 5.72. The minimum atomic E-state index is 0.0584. The summed E-state index contributed by atoms with van der Waals surface area (Å²) in [6, 6.07) is 13.0. The molecule has 5 heteroatoms. The van der Waals surface area contributed by atoms with Gasteiger partial charge in [-0.1, -0.05) is 30.3 Å². The molecule has 3 fully saturated rings. The molecular formula is C21H26N4O. The first kappa shape index (κ1) is 17.2. The summed E-state index contributed by atoms with van der Waals surface area (Å²) in [6.07, 6.45) is 2.35. The Morgan fingerprint density at radius 3 is 2.77 bits per heavy atom. The van der Waals surface area contributed by atoms with E-state index >= 15 is 0 Å². The second kappa shape index (κ2) is 7.16. The summed E-state index contributed by atoms with van der Waals surface area (Å²) >= 11 is 0. The topological polar surface area (TPSA) is 58.1 Å². The van der Waals surface area contributed by atoms with E-state index in [4.69, 9.17) is 4.98 Å². The number of carbonyl (C=O) groups excluding carboxylic acids is 1. The van der Waals surface area contributed by atoms with Crippen molar-refractivity contribution >= 4 is 5.91 Å². The van der Waals surface area contributed by atoms with Crippen LogP contribution in [0, 0.1) is 12.8 Å². The Balaban J connectivity index is 1.56. The lowest BCUT2D eigenvalue weighted by atomic mass is 9.74. The molecular weight excluding hydrogens is 324 g/mol. The zero-order chi connectivity index (χ0) is 18.1. The van der Waals surface area contributed by atoms with Crippen molar-refractivity contribution in [1.29, 1.82) is 0 Å². The van der Waals surface area contributed by atoms with Crippen LogP contribution in [0.15, 0.2) is 36.4 Å². The van der Waals surface area contributed by atoms with Gasteiger partial charge in [-0.3, -0.25) is 9.69 Å². The summed E-state index contributed by atoms with van der Waals surface area (Å²) in [5, 5.41) is 2.99. The van der Waals surface area contributed by atoms with Crippen LogP contribution in [0.5, 0.6) is 0 Å². The van der Waals surface area contributed by atoms with Crippen molar-refractivity contribution in [2.45, 2.75) is 38.6 Å². The van der Waals surface area contributed by atoms with E-state index in [1.165, 1.54) is 12.1 Å². The number of piperidine rings is 3. The second-order valence-electron chi connectivity index (χ2n) is 7.57. The number of hydrogen-bond acceptors (Lipinski definition) is 4. The highest BCUT2D eigenvalue weighted by atomic mass is 16.1. The first-order chi connectivity index (χ1) is 12.6. The normalized spacial score (nSPS) is 27.3. The van der Waals surface area contributed by atoms with Crippen LogP contribution >= 0.6 is 0 Å². The molecule has 0 aliphatic carbocycles. The van der Waals surface area contributed by atoms with Crippen LogP contribution in [0.1, 0.15) is 37.2 Å². The van der Waals surface area contributed by atoms with Crippen molar-refractivity contribution in [2.24, 2.45) is 5.92 Å². The Hall–Kier alpha value is -2.27. The highest BCUT2D eigenvalue weighted by Crippen LogP contribution is 2.41. The van der Waals surface area contributed by atoms with E-state index in [1.54, 1.807) is 6.92 Å². The van der Waals surface area contributed by atoms with Crippen LogP contribution in [0.25, 0.3) is 11.3 Å². The summed E-state index contributed by atoms with van der Waals surface area (Å²) in [4.78, 5) is 23.2. The predicted octanol–water partition coefficient (Wildman–Crippen LogP) is 2.77. The number of aryl methyl sites for hydroxylation is 1. The van der Waals surface area contributed by atoms with Crippen molar-refractivity contribution < 1.29 is 4.79 Å². The van der Waals surface area contributed by atoms with Gasteiger partial charge >= 0.3 is 0 Å². The number of fused-ring (bicyclic) bond motifs is 3. The molecule has 3 aliphatic rings. The third-order valence-corrected chi connectivity index (χ3v) is 5.77. The van der Waals surface area contributed by atoms with E-state index in [0.29, 0.717) is 17.9 Å². The van der Waals surface area contributed by atoms with E-state index < -0.39 is 0 Å². The Bertz CT molecular complexity index is 792. The standard InChI is InChI=1S/C21H26N4O/c1-14-23-20(16-6-4-3-5-7-16)11-21(24-14)19-13-25-9-8-17(19)10-18(25)12-22-15(2)26/h3-7,11,17-19H,8-10,12-13H2,1-2H3,(H,22,26). The number of nitrogens with zero attached hydrogens (tertiary/aromatic N) is 3. The quantitative estimate of drug-likeness (QED) is 0.921. The number of aromatic nitrogens is 2. The number of carbonyl (C=O) groups is 1. The maximum Gasteiger partial charge on any atom is 0.216 e. The molecule has 136 valence electrons. The first-order valence-corrected chi connectivity index (χ1v) is 9.49. The van der Waals surface area contributed by atoms with Crippen LogP contribution in [0.3, 0.4) is 0 Å². The molecule has 2 aromatic rings. The molecule has 3 saturated heterocycles. The SMILES string of the molecule is CC(=O)NCC1CC2CCN1CC2c1cc(-c2ccccc2)nc(C)n1. The van der Waals surface area contributed by atoms with E-state index in [-0.39, 0.29) is 5.91 Å². The number of benzene rings is 1. The monoisotopic (exact) mass is 350 g/mol. The zero-order valence-electron chi connectivity index (χ0n) is 15.5. The summed E-state index contributed by atoms with van der Waals surface area (Å²) < 4.78 is 0. The Morgan fingerprint density at radius 2 is 2.08 bits per heavy atom. The van der Waals surface area contributed by atoms with Crippen LogP contribution in [-0.2, 0) is 4.79 Å². The lowest BCUT2D eigenvalue weighted by molar-refractivity contribution is -0.119.